The van der Waals surface area contributed by atoms with Gasteiger partial charge in [-0.25, -0.2) is 0 Å². The van der Waals surface area contributed by atoms with Crippen LogP contribution in [-0.4, -0.2) is 37.5 Å². The lowest BCUT2D eigenvalue weighted by Gasteiger charge is -2.39. The van der Waals surface area contributed by atoms with Gasteiger partial charge in [-0.1, -0.05) is 37.3 Å². The summed E-state index contributed by atoms with van der Waals surface area (Å²) in [4.78, 5) is 0. The molecule has 1 saturated carbocycles. The number of benzene rings is 1. The molecule has 3 nitrogen and oxygen atoms in total. The van der Waals surface area contributed by atoms with Gasteiger partial charge in [0.05, 0.1) is 6.61 Å². The van der Waals surface area contributed by atoms with Gasteiger partial charge in [0.2, 0.25) is 0 Å². The lowest BCUT2D eigenvalue weighted by Crippen LogP contribution is -2.44. The van der Waals surface area contributed by atoms with Crippen molar-refractivity contribution in [3.05, 3.63) is 35.9 Å². The van der Waals surface area contributed by atoms with Gasteiger partial charge < -0.3 is 15.2 Å². The largest absolute Gasteiger partial charge is 0.396 e. The minimum absolute atomic E-state index is 0.162. The maximum Gasteiger partial charge on any atom is 0.0536 e. The van der Waals surface area contributed by atoms with Gasteiger partial charge in [-0.05, 0) is 49.5 Å². The molecule has 0 spiro atoms. The van der Waals surface area contributed by atoms with Crippen LogP contribution in [0.5, 0.6) is 0 Å². The number of aliphatic hydroxyl groups excluding tert-OH is 1. The molecule has 1 aromatic rings. The normalized spacial score (nSPS) is 34.6. The van der Waals surface area contributed by atoms with Crippen LogP contribution in [0.25, 0.3) is 0 Å². The van der Waals surface area contributed by atoms with E-state index in [2.05, 4.69) is 42.6 Å². The highest BCUT2D eigenvalue weighted by Gasteiger charge is 2.36. The minimum atomic E-state index is 0.162. The number of ether oxygens (including phenoxy) is 1. The Morgan fingerprint density at radius 3 is 2.52 bits per heavy atom. The van der Waals surface area contributed by atoms with Gasteiger partial charge in [0.15, 0.2) is 0 Å². The van der Waals surface area contributed by atoms with Crippen molar-refractivity contribution in [3.63, 3.8) is 0 Å². The molecule has 2 aliphatic rings. The lowest BCUT2D eigenvalue weighted by atomic mass is 9.69. The Morgan fingerprint density at radius 1 is 1.17 bits per heavy atom. The fraction of sp³-hybridized carbons (Fsp3) is 0.700. The molecule has 1 aliphatic carbocycles. The molecule has 1 heterocycles. The third-order valence-electron chi connectivity index (χ3n) is 6.15. The van der Waals surface area contributed by atoms with Crippen LogP contribution >= 0.6 is 0 Å². The van der Waals surface area contributed by atoms with Gasteiger partial charge in [0.25, 0.3) is 0 Å². The first-order chi connectivity index (χ1) is 11.2. The van der Waals surface area contributed by atoms with Crippen molar-refractivity contribution in [3.8, 4) is 0 Å². The van der Waals surface area contributed by atoms with E-state index in [4.69, 9.17) is 4.74 Å². The van der Waals surface area contributed by atoms with Crippen LogP contribution < -0.4 is 5.32 Å². The Kier molecular flexibility index (Phi) is 5.40. The average Bonchev–Trinajstić information content (AvgIpc) is 3.05. The molecule has 1 saturated heterocycles. The maximum absolute atomic E-state index is 9.34. The van der Waals surface area contributed by atoms with E-state index in [9.17, 15) is 5.11 Å². The smallest absolute Gasteiger partial charge is 0.0536 e. The quantitative estimate of drug-likeness (QED) is 0.846. The second-order valence-electron chi connectivity index (χ2n) is 7.86. The van der Waals surface area contributed by atoms with Crippen molar-refractivity contribution in [2.75, 3.05) is 26.4 Å². The van der Waals surface area contributed by atoms with Crippen molar-refractivity contribution in [2.24, 2.45) is 5.41 Å². The van der Waals surface area contributed by atoms with Gasteiger partial charge in [0.1, 0.15) is 0 Å². The van der Waals surface area contributed by atoms with Crippen LogP contribution in [0.15, 0.2) is 30.3 Å². The summed E-state index contributed by atoms with van der Waals surface area (Å²) in [5.41, 5.74) is 1.98. The van der Waals surface area contributed by atoms with Crippen molar-refractivity contribution in [2.45, 2.75) is 56.9 Å². The van der Waals surface area contributed by atoms with E-state index >= 15 is 0 Å². The molecule has 1 aliphatic heterocycles. The summed E-state index contributed by atoms with van der Waals surface area (Å²) in [5.74, 6) is 0. The summed E-state index contributed by atoms with van der Waals surface area (Å²) in [5, 5.41) is 13.1. The molecule has 0 radical (unpaired) electrons. The van der Waals surface area contributed by atoms with Crippen LogP contribution in [0, 0.1) is 5.41 Å². The molecule has 1 atom stereocenters. The summed E-state index contributed by atoms with van der Waals surface area (Å²) >= 11 is 0. The molecule has 1 aromatic carbocycles. The van der Waals surface area contributed by atoms with Gasteiger partial charge in [0, 0.05) is 31.2 Å². The molecule has 128 valence electrons. The standard InChI is InChI=1S/C20H31NO2/c1-19(17-5-3-2-4-6-17)9-7-18(8-10-19)21-15-20(11-13-22)12-14-23-16-20/h2-6,18,21-22H,7-16H2,1H3/t18?,19?,20-/m1/s1. The van der Waals surface area contributed by atoms with Gasteiger partial charge >= 0.3 is 0 Å². The molecule has 23 heavy (non-hydrogen) atoms. The van der Waals surface area contributed by atoms with Crippen molar-refractivity contribution >= 4 is 0 Å². The van der Waals surface area contributed by atoms with Crippen LogP contribution in [-0.2, 0) is 10.2 Å². The number of rotatable bonds is 6. The molecular weight excluding hydrogens is 286 g/mol. The highest BCUT2D eigenvalue weighted by atomic mass is 16.5. The van der Waals surface area contributed by atoms with E-state index in [1.165, 1.54) is 31.2 Å². The Morgan fingerprint density at radius 2 is 1.91 bits per heavy atom. The fourth-order valence-electron chi connectivity index (χ4n) is 4.26. The van der Waals surface area contributed by atoms with Crippen LogP contribution in [0.2, 0.25) is 0 Å². The second kappa shape index (κ2) is 7.33. The monoisotopic (exact) mass is 317 g/mol. The lowest BCUT2D eigenvalue weighted by molar-refractivity contribution is 0.118. The molecule has 3 heteroatoms. The minimum Gasteiger partial charge on any atom is -0.396 e. The topological polar surface area (TPSA) is 41.5 Å². The highest BCUT2D eigenvalue weighted by Crippen LogP contribution is 2.39. The molecular formula is C20H31NO2. The number of hydrogen-bond donors (Lipinski definition) is 2. The average molecular weight is 317 g/mol. The fourth-order valence-corrected chi connectivity index (χ4v) is 4.26. The summed E-state index contributed by atoms with van der Waals surface area (Å²) in [6.07, 6.45) is 6.91. The predicted octanol–water partition coefficient (Wildman–Crippen LogP) is 3.27. The van der Waals surface area contributed by atoms with Crippen molar-refractivity contribution in [1.82, 2.24) is 5.32 Å². The zero-order valence-corrected chi connectivity index (χ0v) is 14.4. The van der Waals surface area contributed by atoms with Gasteiger partial charge in [-0.15, -0.1) is 0 Å². The SMILES string of the molecule is CC1(c2ccccc2)CCC(NC[C@@]2(CCO)CCOC2)CC1. The Balaban J connectivity index is 1.51. The molecule has 0 aromatic heterocycles. The number of hydrogen-bond acceptors (Lipinski definition) is 3. The molecule has 0 amide bonds. The molecule has 2 fully saturated rings. The Labute approximate surface area is 140 Å². The summed E-state index contributed by atoms with van der Waals surface area (Å²) in [6.45, 7) is 5.31. The summed E-state index contributed by atoms with van der Waals surface area (Å²) in [7, 11) is 0. The van der Waals surface area contributed by atoms with Crippen LogP contribution in [0.3, 0.4) is 0 Å². The summed E-state index contributed by atoms with van der Waals surface area (Å²) < 4.78 is 5.59. The Hall–Kier alpha value is -0.900. The van der Waals surface area contributed by atoms with Crippen molar-refractivity contribution < 1.29 is 9.84 Å². The zero-order valence-electron chi connectivity index (χ0n) is 14.4. The highest BCUT2D eigenvalue weighted by molar-refractivity contribution is 5.25. The van der Waals surface area contributed by atoms with Crippen LogP contribution in [0.4, 0.5) is 0 Å². The van der Waals surface area contributed by atoms with Crippen molar-refractivity contribution in [1.29, 1.82) is 0 Å². The first-order valence-electron chi connectivity index (χ1n) is 9.13. The third-order valence-corrected chi connectivity index (χ3v) is 6.15. The van der Waals surface area contributed by atoms with E-state index in [0.717, 1.165) is 32.6 Å². The van der Waals surface area contributed by atoms with E-state index < -0.39 is 0 Å². The summed E-state index contributed by atoms with van der Waals surface area (Å²) in [6, 6.07) is 11.6. The zero-order chi connectivity index (χ0) is 16.2. The molecule has 2 N–H and O–H groups in total. The van der Waals surface area contributed by atoms with E-state index in [1.54, 1.807) is 0 Å². The Bertz CT molecular complexity index is 474. The van der Waals surface area contributed by atoms with Gasteiger partial charge in [-0.3, -0.25) is 0 Å². The third kappa shape index (κ3) is 3.96. The van der Waals surface area contributed by atoms with E-state index in [-0.39, 0.29) is 12.0 Å². The second-order valence-corrected chi connectivity index (χ2v) is 7.86. The number of aliphatic hydroxyl groups is 1. The van der Waals surface area contributed by atoms with Crippen LogP contribution in [0.1, 0.15) is 51.0 Å². The number of nitrogens with one attached hydrogen (secondary N) is 1. The van der Waals surface area contributed by atoms with Gasteiger partial charge in [-0.2, -0.15) is 0 Å². The van der Waals surface area contributed by atoms with E-state index in [1.807, 2.05) is 0 Å². The predicted molar refractivity (Wildman–Crippen MR) is 93.6 cm³/mol. The molecule has 0 bridgehead atoms. The first-order valence-corrected chi connectivity index (χ1v) is 9.13. The van der Waals surface area contributed by atoms with E-state index in [0.29, 0.717) is 11.5 Å². The molecule has 0 unspecified atom stereocenters. The first kappa shape index (κ1) is 16.9. The molecule has 3 rings (SSSR count). The maximum atomic E-state index is 9.34.